The molecular weight excluding hydrogens is 166 g/mol. The molecule has 0 heterocycles. The molecule has 0 fully saturated rings. The van der Waals surface area contributed by atoms with Crippen LogP contribution >= 0.6 is 0 Å². The Balaban J connectivity index is 4.25. The van der Waals surface area contributed by atoms with Crippen molar-refractivity contribution in [1.29, 1.82) is 0 Å². The molecule has 0 aliphatic rings. The third kappa shape index (κ3) is 3.70. The Labute approximate surface area is 80.3 Å². The van der Waals surface area contributed by atoms with E-state index in [0.29, 0.717) is 4.48 Å². The number of aliphatic hydroxyl groups is 1. The van der Waals surface area contributed by atoms with Crippen LogP contribution in [0.1, 0.15) is 13.3 Å². The standard InChI is InChI=1S/C10H20NO2/c1-5-10(13)9(2)11(3,4)7-6-8-12/h5,9,12H,1,6-8H2,2-4H3/q+1. The summed E-state index contributed by atoms with van der Waals surface area (Å²) in [6.07, 6.45) is 2.09. The first-order valence-corrected chi connectivity index (χ1v) is 4.55. The molecule has 0 bridgehead atoms. The molecule has 1 N–H and O–H groups in total. The SMILES string of the molecule is C=CC(=O)C(C)[N+](C)(C)CCCO. The summed E-state index contributed by atoms with van der Waals surface area (Å²) < 4.78 is 0.603. The van der Waals surface area contributed by atoms with Crippen molar-refractivity contribution < 1.29 is 14.4 Å². The van der Waals surface area contributed by atoms with Crippen LogP contribution in [0, 0.1) is 0 Å². The second kappa shape index (κ2) is 5.14. The number of nitrogens with zero attached hydrogens (tertiary/aromatic N) is 1. The monoisotopic (exact) mass is 186 g/mol. The second-order valence-electron chi connectivity index (χ2n) is 3.86. The van der Waals surface area contributed by atoms with E-state index >= 15 is 0 Å². The molecule has 0 aliphatic carbocycles. The molecule has 0 amide bonds. The molecule has 0 aromatic rings. The average Bonchev–Trinajstić information content (AvgIpc) is 2.12. The van der Waals surface area contributed by atoms with Gasteiger partial charge in [-0.05, 0) is 13.0 Å². The van der Waals surface area contributed by atoms with Gasteiger partial charge in [0.15, 0.2) is 0 Å². The maximum absolute atomic E-state index is 11.3. The van der Waals surface area contributed by atoms with Gasteiger partial charge in [-0.15, -0.1) is 0 Å². The highest BCUT2D eigenvalue weighted by Crippen LogP contribution is 2.08. The molecule has 3 heteroatoms. The number of ketones is 1. The number of quaternary nitrogens is 1. The van der Waals surface area contributed by atoms with E-state index in [4.69, 9.17) is 5.11 Å². The lowest BCUT2D eigenvalue weighted by atomic mass is 10.1. The lowest BCUT2D eigenvalue weighted by molar-refractivity contribution is -0.903. The molecule has 1 atom stereocenters. The summed E-state index contributed by atoms with van der Waals surface area (Å²) in [5, 5.41) is 8.69. The molecule has 0 aliphatic heterocycles. The number of likely N-dealkylation sites (N-methyl/N-ethyl adjacent to an activating group) is 1. The lowest BCUT2D eigenvalue weighted by Crippen LogP contribution is -2.51. The van der Waals surface area contributed by atoms with Crippen molar-refractivity contribution in [2.45, 2.75) is 19.4 Å². The minimum absolute atomic E-state index is 0.0583. The predicted molar refractivity (Wildman–Crippen MR) is 53.3 cm³/mol. The molecule has 1 unspecified atom stereocenters. The molecular formula is C10H20NO2+. The zero-order chi connectivity index (χ0) is 10.5. The number of hydrogen-bond donors (Lipinski definition) is 1. The van der Waals surface area contributed by atoms with E-state index in [1.807, 2.05) is 21.0 Å². The zero-order valence-corrected chi connectivity index (χ0v) is 8.79. The van der Waals surface area contributed by atoms with Gasteiger partial charge in [0.1, 0.15) is 6.04 Å². The van der Waals surface area contributed by atoms with Crippen molar-refractivity contribution >= 4 is 5.78 Å². The Morgan fingerprint density at radius 3 is 2.54 bits per heavy atom. The van der Waals surface area contributed by atoms with E-state index in [1.165, 1.54) is 6.08 Å². The number of hydrogen-bond acceptors (Lipinski definition) is 2. The number of carbonyl (C=O) groups excluding carboxylic acids is 1. The van der Waals surface area contributed by atoms with Gasteiger partial charge < -0.3 is 9.59 Å². The summed E-state index contributed by atoms with van der Waals surface area (Å²) in [6.45, 7) is 6.34. The number of aliphatic hydroxyl groups excluding tert-OH is 1. The Kier molecular flexibility index (Phi) is 4.88. The summed E-state index contributed by atoms with van der Waals surface area (Å²) >= 11 is 0. The molecule has 76 valence electrons. The van der Waals surface area contributed by atoms with Gasteiger partial charge in [0.05, 0.1) is 20.6 Å². The molecule has 0 aromatic heterocycles. The van der Waals surface area contributed by atoms with Crippen LogP contribution in [0.3, 0.4) is 0 Å². The van der Waals surface area contributed by atoms with E-state index in [-0.39, 0.29) is 18.4 Å². The summed E-state index contributed by atoms with van der Waals surface area (Å²) in [7, 11) is 3.98. The van der Waals surface area contributed by atoms with Crippen LogP contribution in [0.15, 0.2) is 12.7 Å². The van der Waals surface area contributed by atoms with E-state index in [2.05, 4.69) is 6.58 Å². The van der Waals surface area contributed by atoms with Gasteiger partial charge in [-0.25, -0.2) is 0 Å². The van der Waals surface area contributed by atoms with E-state index < -0.39 is 0 Å². The molecule has 0 saturated heterocycles. The molecule has 3 nitrogen and oxygen atoms in total. The highest BCUT2D eigenvalue weighted by Gasteiger charge is 2.27. The van der Waals surface area contributed by atoms with Gasteiger partial charge >= 0.3 is 0 Å². The van der Waals surface area contributed by atoms with Gasteiger partial charge in [-0.1, -0.05) is 6.58 Å². The smallest absolute Gasteiger partial charge is 0.211 e. The molecule has 0 aromatic carbocycles. The predicted octanol–water partition coefficient (Wildman–Crippen LogP) is 0.589. The van der Waals surface area contributed by atoms with Gasteiger partial charge in [0, 0.05) is 13.0 Å². The van der Waals surface area contributed by atoms with Crippen LogP contribution in [0.4, 0.5) is 0 Å². The van der Waals surface area contributed by atoms with Crippen molar-refractivity contribution in [3.63, 3.8) is 0 Å². The molecule has 0 spiro atoms. The maximum atomic E-state index is 11.3. The minimum Gasteiger partial charge on any atom is -0.396 e. The van der Waals surface area contributed by atoms with Crippen molar-refractivity contribution in [3.05, 3.63) is 12.7 Å². The van der Waals surface area contributed by atoms with Crippen LogP contribution < -0.4 is 0 Å². The molecule has 0 radical (unpaired) electrons. The topological polar surface area (TPSA) is 37.3 Å². The van der Waals surface area contributed by atoms with Gasteiger partial charge in [0.2, 0.25) is 5.78 Å². The third-order valence-corrected chi connectivity index (χ3v) is 2.55. The van der Waals surface area contributed by atoms with Crippen LogP contribution in [0.25, 0.3) is 0 Å². The first-order valence-electron chi connectivity index (χ1n) is 4.55. The fourth-order valence-corrected chi connectivity index (χ4v) is 1.19. The van der Waals surface area contributed by atoms with Gasteiger partial charge in [-0.3, -0.25) is 4.79 Å². The first-order chi connectivity index (χ1) is 5.95. The quantitative estimate of drug-likeness (QED) is 0.487. The van der Waals surface area contributed by atoms with Crippen LogP contribution in [-0.4, -0.2) is 48.7 Å². The summed E-state index contributed by atoms with van der Waals surface area (Å²) in [4.78, 5) is 11.3. The summed E-state index contributed by atoms with van der Waals surface area (Å²) in [6, 6.07) is -0.0796. The Hall–Kier alpha value is -0.670. The Bertz CT molecular complexity index is 187. The average molecular weight is 186 g/mol. The van der Waals surface area contributed by atoms with Crippen LogP contribution in [-0.2, 0) is 4.79 Å². The van der Waals surface area contributed by atoms with Gasteiger partial charge in [-0.2, -0.15) is 0 Å². The van der Waals surface area contributed by atoms with Crippen molar-refractivity contribution in [2.24, 2.45) is 0 Å². The highest BCUT2D eigenvalue weighted by molar-refractivity contribution is 5.92. The minimum atomic E-state index is -0.0796. The Morgan fingerprint density at radius 1 is 1.62 bits per heavy atom. The molecule has 13 heavy (non-hydrogen) atoms. The third-order valence-electron chi connectivity index (χ3n) is 2.55. The van der Waals surface area contributed by atoms with E-state index in [0.717, 1.165) is 13.0 Å². The lowest BCUT2D eigenvalue weighted by Gasteiger charge is -2.34. The fourth-order valence-electron chi connectivity index (χ4n) is 1.19. The zero-order valence-electron chi connectivity index (χ0n) is 8.79. The number of rotatable bonds is 6. The van der Waals surface area contributed by atoms with E-state index in [9.17, 15) is 4.79 Å². The van der Waals surface area contributed by atoms with Crippen LogP contribution in [0.5, 0.6) is 0 Å². The Morgan fingerprint density at radius 2 is 2.15 bits per heavy atom. The molecule has 0 rings (SSSR count). The van der Waals surface area contributed by atoms with Gasteiger partial charge in [0.25, 0.3) is 0 Å². The second-order valence-corrected chi connectivity index (χ2v) is 3.86. The normalized spacial score (nSPS) is 13.8. The molecule has 0 saturated carbocycles. The highest BCUT2D eigenvalue weighted by atomic mass is 16.3. The largest absolute Gasteiger partial charge is 0.396 e. The maximum Gasteiger partial charge on any atom is 0.211 e. The van der Waals surface area contributed by atoms with Crippen molar-refractivity contribution in [2.75, 3.05) is 27.2 Å². The van der Waals surface area contributed by atoms with Crippen LogP contribution in [0.2, 0.25) is 0 Å². The van der Waals surface area contributed by atoms with Crippen molar-refractivity contribution in [3.8, 4) is 0 Å². The van der Waals surface area contributed by atoms with E-state index in [1.54, 1.807) is 0 Å². The first kappa shape index (κ1) is 12.3. The summed E-state index contributed by atoms with van der Waals surface area (Å²) in [5.41, 5.74) is 0. The number of carbonyl (C=O) groups is 1. The summed E-state index contributed by atoms with van der Waals surface area (Å²) in [5.74, 6) is 0.0583. The van der Waals surface area contributed by atoms with Crippen molar-refractivity contribution in [1.82, 2.24) is 0 Å². The fraction of sp³-hybridized carbons (Fsp3) is 0.700.